The normalized spacial score (nSPS) is 13.8. The number of pyridine rings is 2. The fourth-order valence-corrected chi connectivity index (χ4v) is 4.15. The Labute approximate surface area is 190 Å². The Balaban J connectivity index is 1.39. The number of amides is 1. The van der Waals surface area contributed by atoms with Crippen LogP contribution >= 0.6 is 0 Å². The smallest absolute Gasteiger partial charge is 0.269 e. The number of nitro benzene ring substituents is 1. The molecule has 1 amide bonds. The quantitative estimate of drug-likeness (QED) is 0.350. The number of carbonyl (C=O) groups excluding carboxylic acids is 1. The Morgan fingerprint density at radius 3 is 2.30 bits per heavy atom. The lowest BCUT2D eigenvalue weighted by molar-refractivity contribution is -0.384. The second-order valence-corrected chi connectivity index (χ2v) is 7.86. The van der Waals surface area contributed by atoms with Crippen molar-refractivity contribution in [1.82, 2.24) is 14.9 Å². The molecular formula is C25H21N5O3. The highest BCUT2D eigenvalue weighted by molar-refractivity contribution is 6.07. The molecule has 5 rings (SSSR count). The number of hydrogen-bond acceptors (Lipinski definition) is 6. The topological polar surface area (TPSA) is 92.5 Å². The zero-order chi connectivity index (χ0) is 22.8. The van der Waals surface area contributed by atoms with Gasteiger partial charge < -0.3 is 9.80 Å². The van der Waals surface area contributed by atoms with Crippen molar-refractivity contribution in [3.63, 3.8) is 0 Å². The maximum Gasteiger partial charge on any atom is 0.269 e. The largest absolute Gasteiger partial charge is 0.368 e. The van der Waals surface area contributed by atoms with Crippen molar-refractivity contribution in [2.45, 2.75) is 0 Å². The molecule has 8 heteroatoms. The van der Waals surface area contributed by atoms with Crippen LogP contribution in [-0.2, 0) is 0 Å². The van der Waals surface area contributed by atoms with E-state index in [0.29, 0.717) is 31.7 Å². The molecular weight excluding hydrogens is 418 g/mol. The van der Waals surface area contributed by atoms with Crippen LogP contribution in [0.2, 0.25) is 0 Å². The van der Waals surface area contributed by atoms with E-state index >= 15 is 0 Å². The average molecular weight is 439 g/mol. The van der Waals surface area contributed by atoms with Gasteiger partial charge in [0.1, 0.15) is 0 Å². The van der Waals surface area contributed by atoms with Gasteiger partial charge >= 0.3 is 0 Å². The monoisotopic (exact) mass is 439 g/mol. The van der Waals surface area contributed by atoms with Gasteiger partial charge in [-0.3, -0.25) is 19.9 Å². The lowest BCUT2D eigenvalue weighted by Gasteiger charge is -2.36. The fraction of sp³-hybridized carbons (Fsp3) is 0.160. The number of anilines is 1. The van der Waals surface area contributed by atoms with E-state index in [1.54, 1.807) is 24.5 Å². The van der Waals surface area contributed by atoms with E-state index in [0.717, 1.165) is 27.8 Å². The highest BCUT2D eigenvalue weighted by Crippen LogP contribution is 2.27. The molecule has 1 aliphatic rings. The number of nitro groups is 1. The van der Waals surface area contributed by atoms with Crippen LogP contribution in [0.5, 0.6) is 0 Å². The zero-order valence-electron chi connectivity index (χ0n) is 17.8. The minimum absolute atomic E-state index is 0.0211. The number of fused-ring (bicyclic) bond motifs is 1. The zero-order valence-corrected chi connectivity index (χ0v) is 17.8. The minimum atomic E-state index is -0.403. The Morgan fingerprint density at radius 2 is 1.61 bits per heavy atom. The molecule has 0 radical (unpaired) electrons. The first-order chi connectivity index (χ1) is 16.1. The van der Waals surface area contributed by atoms with E-state index in [9.17, 15) is 14.9 Å². The van der Waals surface area contributed by atoms with Crippen molar-refractivity contribution in [3.05, 3.63) is 94.8 Å². The number of nitrogens with zero attached hydrogens (tertiary/aromatic N) is 5. The SMILES string of the molecule is O=C(c1cc(-c2ccncc2)nc2ccccc12)N1CCN(c2ccc([N+](=O)[O-])cc2)CC1. The molecule has 2 aromatic carbocycles. The number of aromatic nitrogens is 2. The Bertz CT molecular complexity index is 1320. The van der Waals surface area contributed by atoms with E-state index in [2.05, 4.69) is 9.88 Å². The standard InChI is InChI=1S/C25H21N5O3/c31-25(29-15-13-28(14-16-29)19-5-7-20(8-6-19)30(32)33)22-17-24(18-9-11-26-12-10-18)27-23-4-2-1-3-21(22)23/h1-12,17H,13-16H2. The van der Waals surface area contributed by atoms with E-state index in [1.165, 1.54) is 12.1 Å². The van der Waals surface area contributed by atoms with Gasteiger partial charge in [0.15, 0.2) is 0 Å². The Kier molecular flexibility index (Phi) is 5.40. The fourth-order valence-electron chi connectivity index (χ4n) is 4.15. The first kappa shape index (κ1) is 20.6. The van der Waals surface area contributed by atoms with Crippen molar-refractivity contribution >= 4 is 28.2 Å². The molecule has 0 unspecified atom stereocenters. The second kappa shape index (κ2) is 8.66. The van der Waals surface area contributed by atoms with Crippen molar-refractivity contribution in [3.8, 4) is 11.3 Å². The average Bonchev–Trinajstić information content (AvgIpc) is 2.88. The third-order valence-electron chi connectivity index (χ3n) is 5.92. The predicted molar refractivity (Wildman–Crippen MR) is 126 cm³/mol. The minimum Gasteiger partial charge on any atom is -0.368 e. The van der Waals surface area contributed by atoms with Crippen LogP contribution in [0.15, 0.2) is 79.1 Å². The lowest BCUT2D eigenvalue weighted by Crippen LogP contribution is -2.48. The second-order valence-electron chi connectivity index (χ2n) is 7.86. The van der Waals surface area contributed by atoms with Crippen LogP contribution in [0, 0.1) is 10.1 Å². The number of rotatable bonds is 4. The molecule has 0 N–H and O–H groups in total. The molecule has 0 aliphatic carbocycles. The molecule has 2 aromatic heterocycles. The van der Waals surface area contributed by atoms with E-state index in [4.69, 9.17) is 4.98 Å². The Hall–Kier alpha value is -4.33. The van der Waals surface area contributed by atoms with Crippen molar-refractivity contribution in [2.75, 3.05) is 31.1 Å². The van der Waals surface area contributed by atoms with Crippen LogP contribution in [0.3, 0.4) is 0 Å². The van der Waals surface area contributed by atoms with Gasteiger partial charge in [-0.1, -0.05) is 18.2 Å². The summed E-state index contributed by atoms with van der Waals surface area (Å²) in [4.78, 5) is 36.9. The number of hydrogen-bond donors (Lipinski definition) is 0. The maximum atomic E-state index is 13.6. The molecule has 33 heavy (non-hydrogen) atoms. The Morgan fingerprint density at radius 1 is 0.909 bits per heavy atom. The molecule has 0 saturated carbocycles. The maximum absolute atomic E-state index is 13.6. The molecule has 0 atom stereocenters. The van der Waals surface area contributed by atoms with Crippen LogP contribution in [-0.4, -0.2) is 51.9 Å². The number of carbonyl (C=O) groups is 1. The summed E-state index contributed by atoms with van der Waals surface area (Å²) in [7, 11) is 0. The van der Waals surface area contributed by atoms with Gasteiger partial charge in [-0.15, -0.1) is 0 Å². The summed E-state index contributed by atoms with van der Waals surface area (Å²) in [5.74, 6) is -0.0211. The highest BCUT2D eigenvalue weighted by Gasteiger charge is 2.24. The molecule has 164 valence electrons. The highest BCUT2D eigenvalue weighted by atomic mass is 16.6. The number of piperazine rings is 1. The van der Waals surface area contributed by atoms with Crippen LogP contribution in [0.25, 0.3) is 22.2 Å². The molecule has 0 spiro atoms. The summed E-state index contributed by atoms with van der Waals surface area (Å²) >= 11 is 0. The van der Waals surface area contributed by atoms with Crippen molar-refractivity contribution in [1.29, 1.82) is 0 Å². The van der Waals surface area contributed by atoms with Crippen LogP contribution < -0.4 is 4.90 Å². The number of benzene rings is 2. The first-order valence-electron chi connectivity index (χ1n) is 10.7. The van der Waals surface area contributed by atoms with Gasteiger partial charge in [0.25, 0.3) is 11.6 Å². The molecule has 4 aromatic rings. The molecule has 1 aliphatic heterocycles. The lowest BCUT2D eigenvalue weighted by atomic mass is 10.0. The van der Waals surface area contributed by atoms with Gasteiger partial charge in [-0.25, -0.2) is 4.98 Å². The van der Waals surface area contributed by atoms with E-state index in [-0.39, 0.29) is 11.6 Å². The van der Waals surface area contributed by atoms with Gasteiger partial charge in [-0.2, -0.15) is 0 Å². The molecule has 1 saturated heterocycles. The summed E-state index contributed by atoms with van der Waals surface area (Å²) in [6, 6.07) is 19.9. The van der Waals surface area contributed by atoms with Gasteiger partial charge in [0.05, 0.1) is 21.7 Å². The number of para-hydroxylation sites is 1. The van der Waals surface area contributed by atoms with Gasteiger partial charge in [0, 0.05) is 67.3 Å². The summed E-state index contributed by atoms with van der Waals surface area (Å²) < 4.78 is 0. The summed E-state index contributed by atoms with van der Waals surface area (Å²) in [5, 5.41) is 11.7. The molecule has 8 nitrogen and oxygen atoms in total. The van der Waals surface area contributed by atoms with E-state index < -0.39 is 4.92 Å². The third-order valence-corrected chi connectivity index (χ3v) is 5.92. The predicted octanol–water partition coefficient (Wildman–Crippen LogP) is 4.17. The summed E-state index contributed by atoms with van der Waals surface area (Å²) in [6.45, 7) is 2.45. The van der Waals surface area contributed by atoms with Crippen LogP contribution in [0.4, 0.5) is 11.4 Å². The molecule has 3 heterocycles. The van der Waals surface area contributed by atoms with Crippen molar-refractivity contribution < 1.29 is 9.72 Å². The van der Waals surface area contributed by atoms with Crippen LogP contribution in [0.1, 0.15) is 10.4 Å². The van der Waals surface area contributed by atoms with Gasteiger partial charge in [-0.05, 0) is 36.4 Å². The first-order valence-corrected chi connectivity index (χ1v) is 10.7. The molecule has 0 bridgehead atoms. The summed E-state index contributed by atoms with van der Waals surface area (Å²) in [6.07, 6.45) is 3.43. The van der Waals surface area contributed by atoms with Gasteiger partial charge in [0.2, 0.25) is 0 Å². The summed E-state index contributed by atoms with van der Waals surface area (Å²) in [5.41, 5.74) is 4.05. The number of non-ortho nitro benzene ring substituents is 1. The van der Waals surface area contributed by atoms with E-state index in [1.807, 2.05) is 47.4 Å². The third kappa shape index (κ3) is 4.10. The molecule has 1 fully saturated rings. The van der Waals surface area contributed by atoms with Crippen molar-refractivity contribution in [2.24, 2.45) is 0 Å².